The molecule has 1 rings (SSSR count). The van der Waals surface area contributed by atoms with Crippen LogP contribution in [0.25, 0.3) is 0 Å². The van der Waals surface area contributed by atoms with Gasteiger partial charge >= 0.3 is 0 Å². The minimum absolute atomic E-state index is 0.0920. The molecule has 0 N–H and O–H groups in total. The number of hydrogen-bond donors (Lipinski definition) is 0. The lowest BCUT2D eigenvalue weighted by molar-refractivity contribution is -0.149. The van der Waals surface area contributed by atoms with Crippen LogP contribution in [-0.4, -0.2) is 23.9 Å². The normalized spacial score (nSPS) is 20.9. The molecular formula is C18H34O2. The van der Waals surface area contributed by atoms with Crippen molar-refractivity contribution in [2.24, 2.45) is 10.8 Å². The Hall–Kier alpha value is -0.340. The van der Waals surface area contributed by atoms with Crippen molar-refractivity contribution in [2.75, 3.05) is 6.61 Å². The maximum Gasteiger partial charge on any atom is 0.0861 e. The van der Waals surface area contributed by atoms with E-state index in [0.717, 1.165) is 19.4 Å². The molecule has 1 aliphatic heterocycles. The van der Waals surface area contributed by atoms with E-state index in [-0.39, 0.29) is 22.0 Å². The number of rotatable bonds is 8. The van der Waals surface area contributed by atoms with Crippen molar-refractivity contribution < 1.29 is 9.47 Å². The highest BCUT2D eigenvalue weighted by Crippen LogP contribution is 2.42. The average molecular weight is 282 g/mol. The van der Waals surface area contributed by atoms with Crippen LogP contribution < -0.4 is 0 Å². The first-order valence-electron chi connectivity index (χ1n) is 7.74. The van der Waals surface area contributed by atoms with Gasteiger partial charge in [0.1, 0.15) is 0 Å². The highest BCUT2D eigenvalue weighted by atomic mass is 16.6. The lowest BCUT2D eigenvalue weighted by Gasteiger charge is -2.42. The minimum atomic E-state index is -0.165. The minimum Gasteiger partial charge on any atom is -0.373 e. The molecule has 0 saturated carbocycles. The molecule has 2 heteroatoms. The summed E-state index contributed by atoms with van der Waals surface area (Å²) in [6.07, 6.45) is 4.39. The first-order valence-corrected chi connectivity index (χ1v) is 7.74. The van der Waals surface area contributed by atoms with E-state index in [1.807, 2.05) is 6.08 Å². The summed E-state index contributed by atoms with van der Waals surface area (Å²) in [6, 6.07) is 0. The Morgan fingerprint density at radius 1 is 1.00 bits per heavy atom. The largest absolute Gasteiger partial charge is 0.373 e. The molecule has 0 aromatic rings. The van der Waals surface area contributed by atoms with E-state index >= 15 is 0 Å². The third-order valence-corrected chi connectivity index (χ3v) is 4.07. The highest BCUT2D eigenvalue weighted by molar-refractivity contribution is 4.95. The van der Waals surface area contributed by atoms with Gasteiger partial charge in [-0.2, -0.15) is 0 Å². The van der Waals surface area contributed by atoms with Crippen LogP contribution in [0.4, 0.5) is 0 Å². The maximum atomic E-state index is 6.47. The van der Waals surface area contributed by atoms with Crippen LogP contribution in [0.2, 0.25) is 0 Å². The van der Waals surface area contributed by atoms with Gasteiger partial charge in [0.15, 0.2) is 0 Å². The second kappa shape index (κ2) is 5.46. The van der Waals surface area contributed by atoms with Gasteiger partial charge in [0, 0.05) is 0 Å². The first-order chi connectivity index (χ1) is 8.79. The molecule has 0 aromatic heterocycles. The monoisotopic (exact) mass is 282 g/mol. The molecule has 0 aromatic carbocycles. The number of allylic oxidation sites excluding steroid dienone is 1. The number of hydrogen-bond acceptors (Lipinski definition) is 2. The molecule has 1 fully saturated rings. The van der Waals surface area contributed by atoms with E-state index in [1.54, 1.807) is 0 Å². The topological polar surface area (TPSA) is 21.8 Å². The lowest BCUT2D eigenvalue weighted by Crippen LogP contribution is -2.43. The summed E-state index contributed by atoms with van der Waals surface area (Å²) in [5, 5.41) is 0. The van der Waals surface area contributed by atoms with Crippen molar-refractivity contribution in [3.8, 4) is 0 Å². The van der Waals surface area contributed by atoms with Crippen LogP contribution >= 0.6 is 0 Å². The zero-order chi connectivity index (χ0) is 15.8. The van der Waals surface area contributed by atoms with Crippen LogP contribution in [0.5, 0.6) is 0 Å². The van der Waals surface area contributed by atoms with Gasteiger partial charge in [-0.25, -0.2) is 0 Å². The third kappa shape index (κ3) is 5.57. The van der Waals surface area contributed by atoms with Crippen LogP contribution in [0.15, 0.2) is 12.7 Å². The fourth-order valence-corrected chi connectivity index (χ4v) is 3.70. The molecule has 1 aliphatic rings. The molecular weight excluding hydrogens is 248 g/mol. The van der Waals surface area contributed by atoms with Crippen molar-refractivity contribution in [3.63, 3.8) is 0 Å². The van der Waals surface area contributed by atoms with Crippen LogP contribution in [0.3, 0.4) is 0 Å². The maximum absolute atomic E-state index is 6.47. The summed E-state index contributed by atoms with van der Waals surface area (Å²) >= 11 is 0. The standard InChI is InChI=1S/C18H34O2/c1-10-15(2,3)12-17(6,7)20-18(8,9)13-16(4,5)14-11-19-14/h10,14H,1,11-13H2,2-9H3. The molecule has 0 amide bonds. The summed E-state index contributed by atoms with van der Waals surface area (Å²) in [5.41, 5.74) is -0.0554. The van der Waals surface area contributed by atoms with Crippen molar-refractivity contribution in [1.82, 2.24) is 0 Å². The van der Waals surface area contributed by atoms with E-state index in [9.17, 15) is 0 Å². The molecule has 1 atom stereocenters. The second-order valence-electron chi connectivity index (χ2n) is 8.98. The predicted molar refractivity (Wildman–Crippen MR) is 86.0 cm³/mol. The molecule has 2 nitrogen and oxygen atoms in total. The van der Waals surface area contributed by atoms with Gasteiger partial charge < -0.3 is 9.47 Å². The van der Waals surface area contributed by atoms with Gasteiger partial charge in [0.25, 0.3) is 0 Å². The van der Waals surface area contributed by atoms with Gasteiger partial charge in [-0.05, 0) is 51.4 Å². The summed E-state index contributed by atoms with van der Waals surface area (Å²) in [4.78, 5) is 0. The van der Waals surface area contributed by atoms with E-state index in [0.29, 0.717) is 6.10 Å². The average Bonchev–Trinajstić information content (AvgIpc) is 2.93. The van der Waals surface area contributed by atoms with Crippen LogP contribution in [0.1, 0.15) is 68.2 Å². The summed E-state index contributed by atoms with van der Waals surface area (Å²) < 4.78 is 12.0. The van der Waals surface area contributed by atoms with Crippen molar-refractivity contribution in [3.05, 3.63) is 12.7 Å². The van der Waals surface area contributed by atoms with Crippen molar-refractivity contribution in [1.29, 1.82) is 0 Å². The van der Waals surface area contributed by atoms with Crippen LogP contribution in [-0.2, 0) is 9.47 Å². The van der Waals surface area contributed by atoms with E-state index in [4.69, 9.17) is 9.47 Å². The van der Waals surface area contributed by atoms with Gasteiger partial charge in [-0.3, -0.25) is 0 Å². The zero-order valence-corrected chi connectivity index (χ0v) is 14.8. The Labute approximate surface area is 125 Å². The Bertz CT molecular complexity index is 346. The van der Waals surface area contributed by atoms with Gasteiger partial charge in [-0.15, -0.1) is 6.58 Å². The van der Waals surface area contributed by atoms with Gasteiger partial charge in [0.05, 0.1) is 23.9 Å². The molecule has 20 heavy (non-hydrogen) atoms. The summed E-state index contributed by atoms with van der Waals surface area (Å²) in [5.74, 6) is 0. The Morgan fingerprint density at radius 3 is 1.85 bits per heavy atom. The molecule has 1 heterocycles. The van der Waals surface area contributed by atoms with Gasteiger partial charge in [-0.1, -0.05) is 33.8 Å². The second-order valence-corrected chi connectivity index (χ2v) is 8.98. The number of epoxide rings is 1. The lowest BCUT2D eigenvalue weighted by atomic mass is 9.78. The van der Waals surface area contributed by atoms with Crippen molar-refractivity contribution in [2.45, 2.75) is 85.5 Å². The Morgan fingerprint density at radius 2 is 1.45 bits per heavy atom. The molecule has 0 bridgehead atoms. The molecule has 1 unspecified atom stereocenters. The van der Waals surface area contributed by atoms with Gasteiger partial charge in [0.2, 0.25) is 0 Å². The van der Waals surface area contributed by atoms with E-state index in [1.165, 1.54) is 0 Å². The first kappa shape index (κ1) is 17.7. The fourth-order valence-electron chi connectivity index (χ4n) is 3.70. The zero-order valence-electron chi connectivity index (χ0n) is 14.8. The Kier molecular flexibility index (Phi) is 4.83. The predicted octanol–water partition coefficient (Wildman–Crippen LogP) is 4.98. The SMILES string of the molecule is C=CC(C)(C)CC(C)(C)OC(C)(C)CC(C)(C)C1CO1. The quantitative estimate of drug-likeness (QED) is 0.463. The fraction of sp³-hybridized carbons (Fsp3) is 0.889. The van der Waals surface area contributed by atoms with Crippen molar-refractivity contribution >= 4 is 0 Å². The Balaban J connectivity index is 2.66. The molecule has 0 aliphatic carbocycles. The van der Waals surface area contributed by atoms with Crippen LogP contribution in [0, 0.1) is 10.8 Å². The highest BCUT2D eigenvalue weighted by Gasteiger charge is 2.44. The van der Waals surface area contributed by atoms with E-state index in [2.05, 4.69) is 62.0 Å². The van der Waals surface area contributed by atoms with E-state index < -0.39 is 0 Å². The smallest absolute Gasteiger partial charge is 0.0861 e. The number of ether oxygens (including phenoxy) is 2. The summed E-state index contributed by atoms with van der Waals surface area (Å²) in [7, 11) is 0. The molecule has 118 valence electrons. The summed E-state index contributed by atoms with van der Waals surface area (Å²) in [6.45, 7) is 22.5. The molecule has 0 radical (unpaired) electrons. The third-order valence-electron chi connectivity index (χ3n) is 4.07. The molecule has 1 saturated heterocycles. The molecule has 0 spiro atoms.